The average molecular weight is 250 g/mol. The molecule has 0 aliphatic heterocycles. The van der Waals surface area contributed by atoms with Crippen molar-refractivity contribution < 1.29 is 9.53 Å². The number of rotatable bonds is 5. The van der Waals surface area contributed by atoms with Crippen LogP contribution in [0.15, 0.2) is 23.7 Å². The van der Waals surface area contributed by atoms with Gasteiger partial charge in [0.2, 0.25) is 0 Å². The van der Waals surface area contributed by atoms with Gasteiger partial charge in [-0.05, 0) is 18.4 Å². The second-order valence-electron chi connectivity index (χ2n) is 3.56. The third kappa shape index (κ3) is 2.39. The number of nitrogens with zero attached hydrogens (tertiary/aromatic N) is 2. The molecule has 0 unspecified atom stereocenters. The van der Waals surface area contributed by atoms with Crippen LogP contribution in [0.1, 0.15) is 22.3 Å². The number of aryl methyl sites for hydroxylation is 1. The molecule has 4 nitrogen and oxygen atoms in total. The van der Waals surface area contributed by atoms with E-state index < -0.39 is 0 Å². The van der Waals surface area contributed by atoms with Gasteiger partial charge in [-0.25, -0.2) is 0 Å². The monoisotopic (exact) mass is 250 g/mol. The summed E-state index contributed by atoms with van der Waals surface area (Å²) < 4.78 is 6.84. The number of thiophene rings is 1. The standard InChI is InChI=1S/C12H14N2O2S/c1-3-14-12(11(16-2)8-13-14)10(15)7-9-5-4-6-17-9/h4-6,8H,3,7H2,1-2H3. The largest absolute Gasteiger partial charge is 0.493 e. The summed E-state index contributed by atoms with van der Waals surface area (Å²) in [4.78, 5) is 13.3. The lowest BCUT2D eigenvalue weighted by Crippen LogP contribution is -2.12. The van der Waals surface area contributed by atoms with Gasteiger partial charge >= 0.3 is 0 Å². The summed E-state index contributed by atoms with van der Waals surface area (Å²) in [5.41, 5.74) is 0.559. The summed E-state index contributed by atoms with van der Waals surface area (Å²) in [5, 5.41) is 6.10. The number of ketones is 1. The molecule has 0 aliphatic rings. The van der Waals surface area contributed by atoms with Crippen LogP contribution in [0.25, 0.3) is 0 Å². The minimum Gasteiger partial charge on any atom is -0.493 e. The molecule has 0 atom stereocenters. The quantitative estimate of drug-likeness (QED) is 0.765. The molecule has 0 N–H and O–H groups in total. The zero-order valence-corrected chi connectivity index (χ0v) is 10.7. The molecule has 2 rings (SSSR count). The van der Waals surface area contributed by atoms with Gasteiger partial charge in [0.05, 0.1) is 13.3 Å². The lowest BCUT2D eigenvalue weighted by molar-refractivity contribution is 0.0980. The van der Waals surface area contributed by atoms with Crippen LogP contribution >= 0.6 is 11.3 Å². The molecule has 0 radical (unpaired) electrons. The second-order valence-corrected chi connectivity index (χ2v) is 4.59. The molecule has 2 aromatic heterocycles. The van der Waals surface area contributed by atoms with E-state index in [1.165, 1.54) is 0 Å². The van der Waals surface area contributed by atoms with E-state index in [-0.39, 0.29) is 5.78 Å². The highest BCUT2D eigenvalue weighted by Crippen LogP contribution is 2.21. The normalized spacial score (nSPS) is 10.5. The Labute approximate surface area is 104 Å². The number of carbonyl (C=O) groups excluding carboxylic acids is 1. The van der Waals surface area contributed by atoms with Crippen LogP contribution in [0.3, 0.4) is 0 Å². The van der Waals surface area contributed by atoms with Crippen LogP contribution in [0, 0.1) is 0 Å². The molecule has 90 valence electrons. The molecule has 0 spiro atoms. The van der Waals surface area contributed by atoms with Gasteiger partial charge in [0.25, 0.3) is 0 Å². The van der Waals surface area contributed by atoms with Gasteiger partial charge in [-0.2, -0.15) is 5.10 Å². The van der Waals surface area contributed by atoms with Crippen LogP contribution in [-0.4, -0.2) is 22.7 Å². The third-order valence-corrected chi connectivity index (χ3v) is 3.38. The number of ether oxygens (including phenoxy) is 1. The first-order valence-electron chi connectivity index (χ1n) is 5.41. The Morgan fingerprint density at radius 2 is 2.41 bits per heavy atom. The number of methoxy groups -OCH3 is 1. The van der Waals surface area contributed by atoms with Gasteiger partial charge in [-0.3, -0.25) is 9.48 Å². The maximum absolute atomic E-state index is 12.2. The van der Waals surface area contributed by atoms with Crippen LogP contribution in [0.2, 0.25) is 0 Å². The lowest BCUT2D eigenvalue weighted by Gasteiger charge is -2.05. The zero-order valence-electron chi connectivity index (χ0n) is 9.84. The Morgan fingerprint density at radius 1 is 1.59 bits per heavy atom. The fourth-order valence-electron chi connectivity index (χ4n) is 1.69. The van der Waals surface area contributed by atoms with E-state index in [1.54, 1.807) is 29.3 Å². The molecule has 0 amide bonds. The smallest absolute Gasteiger partial charge is 0.189 e. The highest BCUT2D eigenvalue weighted by Gasteiger charge is 2.19. The van der Waals surface area contributed by atoms with E-state index in [4.69, 9.17) is 4.74 Å². The van der Waals surface area contributed by atoms with Gasteiger partial charge in [0, 0.05) is 17.8 Å². The first kappa shape index (κ1) is 11.9. The number of aromatic nitrogens is 2. The predicted octanol–water partition coefficient (Wildman–Crippen LogP) is 2.40. The predicted molar refractivity (Wildman–Crippen MR) is 66.8 cm³/mol. The van der Waals surface area contributed by atoms with Gasteiger partial charge in [0.1, 0.15) is 5.69 Å². The van der Waals surface area contributed by atoms with Gasteiger partial charge in [-0.1, -0.05) is 6.07 Å². The third-order valence-electron chi connectivity index (χ3n) is 2.50. The van der Waals surface area contributed by atoms with Crippen molar-refractivity contribution in [3.05, 3.63) is 34.3 Å². The Kier molecular flexibility index (Phi) is 3.58. The molecule has 17 heavy (non-hydrogen) atoms. The van der Waals surface area contributed by atoms with Crippen LogP contribution < -0.4 is 4.74 Å². The second kappa shape index (κ2) is 5.14. The summed E-state index contributed by atoms with van der Waals surface area (Å²) in [6.45, 7) is 2.61. The molecular formula is C12H14N2O2S. The molecular weight excluding hydrogens is 236 g/mol. The van der Waals surface area contributed by atoms with Gasteiger partial charge in [-0.15, -0.1) is 11.3 Å². The van der Waals surface area contributed by atoms with Crippen molar-refractivity contribution in [2.45, 2.75) is 19.9 Å². The van der Waals surface area contributed by atoms with Crippen molar-refractivity contribution >= 4 is 17.1 Å². The van der Waals surface area contributed by atoms with Crippen molar-refractivity contribution in [2.24, 2.45) is 0 Å². The fourth-order valence-corrected chi connectivity index (χ4v) is 2.40. The van der Waals surface area contributed by atoms with Crippen molar-refractivity contribution in [3.8, 4) is 5.75 Å². The SMILES string of the molecule is CCn1ncc(OC)c1C(=O)Cc1cccs1. The Balaban J connectivity index is 2.26. The minimum atomic E-state index is 0.0450. The minimum absolute atomic E-state index is 0.0450. The fraction of sp³-hybridized carbons (Fsp3) is 0.333. The Morgan fingerprint density at radius 3 is 3.00 bits per heavy atom. The summed E-state index contributed by atoms with van der Waals surface area (Å²) in [7, 11) is 1.55. The summed E-state index contributed by atoms with van der Waals surface area (Å²) in [6.07, 6.45) is 1.99. The molecule has 5 heteroatoms. The van der Waals surface area contributed by atoms with Crippen LogP contribution in [0.5, 0.6) is 5.75 Å². The number of Topliss-reactive ketones (excluding diaryl/α,β-unsaturated/α-hetero) is 1. The molecule has 0 aliphatic carbocycles. The van der Waals surface area contributed by atoms with E-state index in [0.717, 1.165) is 4.88 Å². The van der Waals surface area contributed by atoms with E-state index in [2.05, 4.69) is 5.10 Å². The molecule has 2 aromatic rings. The van der Waals surface area contributed by atoms with E-state index in [9.17, 15) is 4.79 Å². The average Bonchev–Trinajstić information content (AvgIpc) is 2.95. The van der Waals surface area contributed by atoms with Crippen molar-refractivity contribution in [1.29, 1.82) is 0 Å². The van der Waals surface area contributed by atoms with E-state index >= 15 is 0 Å². The van der Waals surface area contributed by atoms with Crippen molar-refractivity contribution in [3.63, 3.8) is 0 Å². The summed E-state index contributed by atoms with van der Waals surface area (Å²) in [5.74, 6) is 0.594. The number of hydrogen-bond donors (Lipinski definition) is 0. The lowest BCUT2D eigenvalue weighted by atomic mass is 10.2. The van der Waals surface area contributed by atoms with E-state index in [0.29, 0.717) is 24.4 Å². The molecule has 0 fully saturated rings. The first-order valence-corrected chi connectivity index (χ1v) is 6.29. The molecule has 0 aromatic carbocycles. The topological polar surface area (TPSA) is 44.1 Å². The molecule has 2 heterocycles. The van der Waals surface area contributed by atoms with Gasteiger partial charge in [0.15, 0.2) is 11.5 Å². The van der Waals surface area contributed by atoms with Crippen molar-refractivity contribution in [2.75, 3.05) is 7.11 Å². The Hall–Kier alpha value is -1.62. The first-order chi connectivity index (χ1) is 8.26. The Bertz CT molecular complexity index is 481. The van der Waals surface area contributed by atoms with Crippen LogP contribution in [0.4, 0.5) is 0 Å². The summed E-state index contributed by atoms with van der Waals surface area (Å²) in [6, 6.07) is 3.91. The molecule has 0 saturated heterocycles. The highest BCUT2D eigenvalue weighted by molar-refractivity contribution is 7.10. The van der Waals surface area contributed by atoms with E-state index in [1.807, 2.05) is 24.4 Å². The summed E-state index contributed by atoms with van der Waals surface area (Å²) >= 11 is 1.58. The van der Waals surface area contributed by atoms with Crippen LogP contribution in [-0.2, 0) is 13.0 Å². The maximum atomic E-state index is 12.2. The zero-order chi connectivity index (χ0) is 12.3. The molecule has 0 saturated carbocycles. The maximum Gasteiger partial charge on any atom is 0.189 e. The highest BCUT2D eigenvalue weighted by atomic mass is 32.1. The number of hydrogen-bond acceptors (Lipinski definition) is 4. The number of carbonyl (C=O) groups is 1. The van der Waals surface area contributed by atoms with Crippen molar-refractivity contribution in [1.82, 2.24) is 9.78 Å². The molecule has 0 bridgehead atoms. The van der Waals surface area contributed by atoms with Gasteiger partial charge < -0.3 is 4.74 Å².